The van der Waals surface area contributed by atoms with E-state index in [0.717, 1.165) is 11.4 Å². The molecule has 0 aliphatic carbocycles. The zero-order chi connectivity index (χ0) is 22.9. The van der Waals surface area contributed by atoms with E-state index < -0.39 is 0 Å². The SMILES string of the molecule is COc1cc(/C=N\NC(=O)CSc2nc(C)cc(C)n2)ccc1OCc1cccc(F)c1. The summed E-state index contributed by atoms with van der Waals surface area (Å²) in [7, 11) is 1.53. The highest BCUT2D eigenvalue weighted by molar-refractivity contribution is 7.99. The molecule has 1 aromatic heterocycles. The highest BCUT2D eigenvalue weighted by Crippen LogP contribution is 2.28. The number of carbonyl (C=O) groups is 1. The van der Waals surface area contributed by atoms with Crippen molar-refractivity contribution in [1.29, 1.82) is 0 Å². The highest BCUT2D eigenvalue weighted by atomic mass is 32.2. The number of hydrogen-bond acceptors (Lipinski definition) is 7. The van der Waals surface area contributed by atoms with Gasteiger partial charge in [0.15, 0.2) is 16.7 Å². The van der Waals surface area contributed by atoms with Crippen molar-refractivity contribution in [2.75, 3.05) is 12.9 Å². The number of ether oxygens (including phenoxy) is 2. The van der Waals surface area contributed by atoms with Gasteiger partial charge in [-0.25, -0.2) is 19.8 Å². The van der Waals surface area contributed by atoms with Gasteiger partial charge < -0.3 is 9.47 Å². The Morgan fingerprint density at radius 3 is 2.62 bits per heavy atom. The van der Waals surface area contributed by atoms with Crippen molar-refractivity contribution in [3.05, 3.63) is 76.9 Å². The minimum atomic E-state index is -0.313. The van der Waals surface area contributed by atoms with E-state index in [4.69, 9.17) is 9.47 Å². The van der Waals surface area contributed by atoms with E-state index in [1.165, 1.54) is 37.2 Å². The minimum Gasteiger partial charge on any atom is -0.493 e. The van der Waals surface area contributed by atoms with Gasteiger partial charge in [0.25, 0.3) is 5.91 Å². The van der Waals surface area contributed by atoms with Gasteiger partial charge in [-0.1, -0.05) is 23.9 Å². The molecular formula is C23H23FN4O3S. The number of hydrazone groups is 1. The minimum absolute atomic E-state index is 0.149. The van der Waals surface area contributed by atoms with E-state index in [9.17, 15) is 9.18 Å². The molecule has 0 aliphatic heterocycles. The summed E-state index contributed by atoms with van der Waals surface area (Å²) in [4.78, 5) is 20.6. The summed E-state index contributed by atoms with van der Waals surface area (Å²) in [5, 5.41) is 4.54. The molecule has 3 aromatic rings. The summed E-state index contributed by atoms with van der Waals surface area (Å²) in [6.07, 6.45) is 1.51. The van der Waals surface area contributed by atoms with Crippen molar-refractivity contribution in [3.8, 4) is 11.5 Å². The van der Waals surface area contributed by atoms with E-state index in [1.54, 1.807) is 30.3 Å². The lowest BCUT2D eigenvalue weighted by atomic mass is 10.2. The average Bonchev–Trinajstić information content (AvgIpc) is 2.76. The molecule has 166 valence electrons. The summed E-state index contributed by atoms with van der Waals surface area (Å²) in [5.41, 5.74) is 5.62. The molecule has 2 aromatic carbocycles. The van der Waals surface area contributed by atoms with Gasteiger partial charge >= 0.3 is 0 Å². The Morgan fingerprint density at radius 1 is 1.12 bits per heavy atom. The Labute approximate surface area is 190 Å². The van der Waals surface area contributed by atoms with Crippen LogP contribution in [0, 0.1) is 19.7 Å². The van der Waals surface area contributed by atoms with Crippen molar-refractivity contribution in [1.82, 2.24) is 15.4 Å². The van der Waals surface area contributed by atoms with Crippen molar-refractivity contribution in [3.63, 3.8) is 0 Å². The molecule has 0 aliphatic rings. The van der Waals surface area contributed by atoms with Crippen LogP contribution >= 0.6 is 11.8 Å². The number of aryl methyl sites for hydroxylation is 2. The lowest BCUT2D eigenvalue weighted by Crippen LogP contribution is -2.19. The van der Waals surface area contributed by atoms with Crippen molar-refractivity contribution >= 4 is 23.9 Å². The van der Waals surface area contributed by atoms with Crippen molar-refractivity contribution in [2.24, 2.45) is 5.10 Å². The first kappa shape index (κ1) is 23.2. The molecule has 0 bridgehead atoms. The van der Waals surface area contributed by atoms with Gasteiger partial charge in [-0.05, 0) is 61.4 Å². The highest BCUT2D eigenvalue weighted by Gasteiger charge is 2.07. The summed E-state index contributed by atoms with van der Waals surface area (Å²) in [5.74, 6) is 0.584. The fourth-order valence-corrected chi connectivity index (χ4v) is 3.51. The predicted molar refractivity (Wildman–Crippen MR) is 122 cm³/mol. The van der Waals surface area contributed by atoms with Gasteiger partial charge in [0.1, 0.15) is 12.4 Å². The number of aromatic nitrogens is 2. The van der Waals surface area contributed by atoms with Gasteiger partial charge in [-0.15, -0.1) is 0 Å². The van der Waals surface area contributed by atoms with Crippen LogP contribution in [0.15, 0.2) is 58.8 Å². The number of hydrogen-bond donors (Lipinski definition) is 1. The maximum atomic E-state index is 13.3. The maximum Gasteiger partial charge on any atom is 0.250 e. The van der Waals surface area contributed by atoms with Crippen molar-refractivity contribution < 1.29 is 18.7 Å². The lowest BCUT2D eigenvalue weighted by molar-refractivity contribution is -0.118. The zero-order valence-electron chi connectivity index (χ0n) is 18.0. The maximum absolute atomic E-state index is 13.3. The van der Waals surface area contributed by atoms with E-state index in [-0.39, 0.29) is 24.1 Å². The first-order valence-electron chi connectivity index (χ1n) is 9.75. The molecule has 3 rings (SSSR count). The molecule has 7 nitrogen and oxygen atoms in total. The van der Waals surface area contributed by atoms with E-state index >= 15 is 0 Å². The predicted octanol–water partition coefficient (Wildman–Crippen LogP) is 4.06. The number of halogens is 1. The third-order valence-electron chi connectivity index (χ3n) is 4.17. The molecule has 0 atom stereocenters. The van der Waals surface area contributed by atoms with Gasteiger partial charge in [0.05, 0.1) is 19.1 Å². The van der Waals surface area contributed by atoms with E-state index in [1.807, 2.05) is 19.9 Å². The Morgan fingerprint density at radius 2 is 1.91 bits per heavy atom. The Hall–Kier alpha value is -3.46. The second-order valence-electron chi connectivity index (χ2n) is 6.84. The first-order valence-corrected chi connectivity index (χ1v) is 10.7. The number of rotatable bonds is 9. The first-order chi connectivity index (χ1) is 15.4. The topological polar surface area (TPSA) is 85.7 Å². The third-order valence-corrected chi connectivity index (χ3v) is 5.02. The molecule has 9 heteroatoms. The standard InChI is InChI=1S/C23H23FN4O3S/c1-15-9-16(2)27-23(26-15)32-14-22(29)28-25-12-17-7-8-20(21(11-17)30-3)31-13-18-5-4-6-19(24)10-18/h4-12H,13-14H2,1-3H3,(H,28,29)/b25-12-. The smallest absolute Gasteiger partial charge is 0.250 e. The van der Waals surface area contributed by atoms with Crippen LogP contribution in [0.2, 0.25) is 0 Å². The van der Waals surface area contributed by atoms with Gasteiger partial charge in [0.2, 0.25) is 0 Å². The zero-order valence-corrected chi connectivity index (χ0v) is 18.8. The van der Waals surface area contributed by atoms with Gasteiger partial charge in [-0.3, -0.25) is 4.79 Å². The van der Waals surface area contributed by atoms with Gasteiger partial charge in [-0.2, -0.15) is 5.10 Å². The number of carbonyl (C=O) groups excluding carboxylic acids is 1. The van der Waals surface area contributed by atoms with Crippen LogP contribution in [0.25, 0.3) is 0 Å². The number of thioether (sulfide) groups is 1. The molecule has 0 radical (unpaired) electrons. The molecule has 0 spiro atoms. The summed E-state index contributed by atoms with van der Waals surface area (Å²) >= 11 is 1.25. The molecule has 0 saturated carbocycles. The van der Waals surface area contributed by atoms with Crippen LogP contribution in [0.3, 0.4) is 0 Å². The molecule has 0 unspecified atom stereocenters. The molecule has 1 heterocycles. The summed E-state index contributed by atoms with van der Waals surface area (Å²) in [6.45, 7) is 3.98. The monoisotopic (exact) mass is 454 g/mol. The second kappa shape index (κ2) is 11.2. The molecule has 1 N–H and O–H groups in total. The number of nitrogens with one attached hydrogen (secondary N) is 1. The van der Waals surface area contributed by atoms with Crippen LogP contribution < -0.4 is 14.9 Å². The van der Waals surface area contributed by atoms with Gasteiger partial charge in [0, 0.05) is 11.4 Å². The Kier molecular flexibility index (Phi) is 8.15. The Balaban J connectivity index is 1.53. The van der Waals surface area contributed by atoms with Crippen LogP contribution in [0.5, 0.6) is 11.5 Å². The van der Waals surface area contributed by atoms with Crippen molar-refractivity contribution in [2.45, 2.75) is 25.6 Å². The number of amides is 1. The van der Waals surface area contributed by atoms with Crippen LogP contribution in [-0.4, -0.2) is 35.0 Å². The quantitative estimate of drug-likeness (QED) is 0.227. The van der Waals surface area contributed by atoms with E-state index in [0.29, 0.717) is 27.8 Å². The normalized spacial score (nSPS) is 10.9. The number of methoxy groups -OCH3 is 1. The fraction of sp³-hybridized carbons (Fsp3) is 0.217. The van der Waals surface area contributed by atoms with E-state index in [2.05, 4.69) is 20.5 Å². The third kappa shape index (κ3) is 7.05. The molecular weight excluding hydrogens is 431 g/mol. The van der Waals surface area contributed by atoms with Crippen LogP contribution in [0.1, 0.15) is 22.5 Å². The lowest BCUT2D eigenvalue weighted by Gasteiger charge is -2.11. The molecule has 32 heavy (non-hydrogen) atoms. The molecule has 1 amide bonds. The van der Waals surface area contributed by atoms with Crippen LogP contribution in [-0.2, 0) is 11.4 Å². The number of benzene rings is 2. The second-order valence-corrected chi connectivity index (χ2v) is 7.79. The average molecular weight is 455 g/mol. The van der Waals surface area contributed by atoms with Crippen LogP contribution in [0.4, 0.5) is 4.39 Å². The fourth-order valence-electron chi connectivity index (χ4n) is 2.77. The number of nitrogens with zero attached hydrogens (tertiary/aromatic N) is 3. The summed E-state index contributed by atoms with van der Waals surface area (Å²) < 4.78 is 24.4. The Bertz CT molecular complexity index is 1100. The summed E-state index contributed by atoms with van der Waals surface area (Å²) in [6, 6.07) is 13.3. The molecule has 0 saturated heterocycles. The largest absolute Gasteiger partial charge is 0.493 e. The molecule has 0 fully saturated rings.